The lowest BCUT2D eigenvalue weighted by atomic mass is 10.1. The van der Waals surface area contributed by atoms with Gasteiger partial charge in [-0.25, -0.2) is 4.98 Å². The molecule has 0 atom stereocenters. The van der Waals surface area contributed by atoms with E-state index in [9.17, 15) is 0 Å². The Bertz CT molecular complexity index is 900. The molecule has 1 saturated heterocycles. The van der Waals surface area contributed by atoms with Crippen molar-refractivity contribution < 1.29 is 5.11 Å². The van der Waals surface area contributed by atoms with Crippen LogP contribution in [0.2, 0.25) is 0 Å². The number of rotatable bonds is 6. The number of nitrogens with zero attached hydrogens (tertiary/aromatic N) is 4. The van der Waals surface area contributed by atoms with E-state index in [-0.39, 0.29) is 6.61 Å². The fraction of sp³-hybridized carbons (Fsp3) is 0.400. The maximum atomic E-state index is 9.06. The number of benzene rings is 1. The third-order valence-electron chi connectivity index (χ3n) is 5.11. The average Bonchev–Trinajstić information content (AvgIpc) is 3.04. The second-order valence-corrected chi connectivity index (χ2v) is 7.10. The summed E-state index contributed by atoms with van der Waals surface area (Å²) in [5, 5.41) is 20.7. The third kappa shape index (κ3) is 4.27. The van der Waals surface area contributed by atoms with Gasteiger partial charge in [-0.1, -0.05) is 12.1 Å². The number of aromatic amines is 1. The van der Waals surface area contributed by atoms with Crippen LogP contribution in [0.15, 0.2) is 36.5 Å². The number of β-amino-alcohol motifs (C(OH)–C–C–N with tert-alkyl or cyclic N) is 1. The van der Waals surface area contributed by atoms with Crippen LogP contribution in [0.5, 0.6) is 0 Å². The molecule has 7 nitrogen and oxygen atoms in total. The van der Waals surface area contributed by atoms with E-state index in [1.807, 2.05) is 13.1 Å². The van der Waals surface area contributed by atoms with E-state index in [0.29, 0.717) is 0 Å². The van der Waals surface area contributed by atoms with Crippen molar-refractivity contribution in [3.05, 3.63) is 47.8 Å². The van der Waals surface area contributed by atoms with E-state index in [2.05, 4.69) is 60.6 Å². The fourth-order valence-corrected chi connectivity index (χ4v) is 3.58. The molecule has 1 fully saturated rings. The Kier molecular flexibility index (Phi) is 5.33. The van der Waals surface area contributed by atoms with Gasteiger partial charge in [-0.3, -0.25) is 14.9 Å². The number of hydrogen-bond acceptors (Lipinski definition) is 6. The molecule has 7 heteroatoms. The van der Waals surface area contributed by atoms with Crippen molar-refractivity contribution in [1.82, 2.24) is 25.0 Å². The second-order valence-electron chi connectivity index (χ2n) is 7.10. The number of H-pyrrole nitrogens is 1. The first-order valence-electron chi connectivity index (χ1n) is 9.43. The number of hydrogen-bond donors (Lipinski definition) is 3. The normalized spacial score (nSPS) is 16.1. The number of nitrogens with one attached hydrogen (secondary N) is 2. The number of aliphatic hydroxyl groups is 1. The summed E-state index contributed by atoms with van der Waals surface area (Å²) in [5.74, 6) is 0. The summed E-state index contributed by atoms with van der Waals surface area (Å²) >= 11 is 0. The van der Waals surface area contributed by atoms with E-state index in [1.54, 1.807) is 0 Å². The van der Waals surface area contributed by atoms with Crippen LogP contribution in [0.4, 0.5) is 11.4 Å². The minimum absolute atomic E-state index is 0.243. The van der Waals surface area contributed by atoms with Crippen molar-refractivity contribution in [1.29, 1.82) is 0 Å². The van der Waals surface area contributed by atoms with E-state index in [1.165, 1.54) is 5.56 Å². The fourth-order valence-electron chi connectivity index (χ4n) is 3.58. The number of aryl methyl sites for hydroxylation is 1. The summed E-state index contributed by atoms with van der Waals surface area (Å²) in [7, 11) is 0. The van der Waals surface area contributed by atoms with Crippen molar-refractivity contribution in [2.45, 2.75) is 13.5 Å². The van der Waals surface area contributed by atoms with Gasteiger partial charge in [-0.05, 0) is 30.7 Å². The van der Waals surface area contributed by atoms with E-state index in [4.69, 9.17) is 5.11 Å². The summed E-state index contributed by atoms with van der Waals surface area (Å²) in [5.41, 5.74) is 5.09. The van der Waals surface area contributed by atoms with Gasteiger partial charge >= 0.3 is 0 Å². The topological polar surface area (TPSA) is 80.3 Å². The molecule has 142 valence electrons. The molecule has 0 aliphatic carbocycles. The molecule has 1 aromatic carbocycles. The van der Waals surface area contributed by atoms with Gasteiger partial charge in [0.15, 0.2) is 5.65 Å². The zero-order chi connectivity index (χ0) is 18.6. The summed E-state index contributed by atoms with van der Waals surface area (Å²) in [6, 6.07) is 10.6. The van der Waals surface area contributed by atoms with Crippen molar-refractivity contribution in [3.63, 3.8) is 0 Å². The lowest BCUT2D eigenvalue weighted by molar-refractivity contribution is 0.108. The molecular formula is C20H26N6O. The highest BCUT2D eigenvalue weighted by Crippen LogP contribution is 2.22. The van der Waals surface area contributed by atoms with Crippen LogP contribution in [-0.2, 0) is 6.54 Å². The Labute approximate surface area is 159 Å². The van der Waals surface area contributed by atoms with Gasteiger partial charge in [0.25, 0.3) is 0 Å². The van der Waals surface area contributed by atoms with Crippen LogP contribution < -0.4 is 5.32 Å². The van der Waals surface area contributed by atoms with Gasteiger partial charge in [-0.2, -0.15) is 5.10 Å². The third-order valence-corrected chi connectivity index (χ3v) is 5.11. The molecule has 3 N–H and O–H groups in total. The molecule has 0 saturated carbocycles. The molecule has 0 bridgehead atoms. The minimum Gasteiger partial charge on any atom is -0.395 e. The molecule has 0 spiro atoms. The van der Waals surface area contributed by atoms with Gasteiger partial charge in [-0.15, -0.1) is 0 Å². The van der Waals surface area contributed by atoms with Crippen LogP contribution in [0, 0.1) is 6.92 Å². The summed E-state index contributed by atoms with van der Waals surface area (Å²) < 4.78 is 0. The van der Waals surface area contributed by atoms with Crippen molar-refractivity contribution in [2.75, 3.05) is 44.6 Å². The first kappa shape index (κ1) is 17.9. The smallest absolute Gasteiger partial charge is 0.155 e. The molecule has 3 heterocycles. The Hall–Kier alpha value is -2.48. The Balaban J connectivity index is 1.40. The van der Waals surface area contributed by atoms with E-state index in [0.717, 1.165) is 67.4 Å². The summed E-state index contributed by atoms with van der Waals surface area (Å²) in [6.07, 6.45) is 1.83. The lowest BCUT2D eigenvalue weighted by Crippen LogP contribution is -2.46. The van der Waals surface area contributed by atoms with Gasteiger partial charge < -0.3 is 10.4 Å². The van der Waals surface area contributed by atoms with Gasteiger partial charge in [0.2, 0.25) is 0 Å². The summed E-state index contributed by atoms with van der Waals surface area (Å²) in [4.78, 5) is 9.21. The predicted molar refractivity (Wildman–Crippen MR) is 107 cm³/mol. The van der Waals surface area contributed by atoms with Crippen molar-refractivity contribution >= 4 is 22.4 Å². The molecule has 2 aromatic heterocycles. The number of anilines is 2. The molecule has 0 amide bonds. The van der Waals surface area contributed by atoms with Crippen LogP contribution in [0.3, 0.4) is 0 Å². The van der Waals surface area contributed by atoms with Crippen LogP contribution in [-0.4, -0.2) is 69.4 Å². The maximum Gasteiger partial charge on any atom is 0.155 e. The largest absolute Gasteiger partial charge is 0.395 e. The number of pyridine rings is 1. The molecule has 27 heavy (non-hydrogen) atoms. The Morgan fingerprint density at radius 1 is 1.11 bits per heavy atom. The van der Waals surface area contributed by atoms with Gasteiger partial charge in [0, 0.05) is 50.3 Å². The predicted octanol–water partition coefficient (Wildman–Crippen LogP) is 2.12. The standard InChI is InChI=1S/C20H26N6O/c1-15-19-12-18(13-21-20(19)24-23-15)22-17-4-2-3-16(11-17)14-26-7-5-25(6-8-26)9-10-27/h2-4,11-13,22,27H,5-10,14H2,1H3,(H,21,23,24). The monoisotopic (exact) mass is 366 g/mol. The van der Waals surface area contributed by atoms with Gasteiger partial charge in [0.05, 0.1) is 24.2 Å². The molecule has 4 rings (SSSR count). The number of piperazine rings is 1. The highest BCUT2D eigenvalue weighted by atomic mass is 16.3. The zero-order valence-electron chi connectivity index (χ0n) is 15.6. The molecule has 0 unspecified atom stereocenters. The van der Waals surface area contributed by atoms with E-state index < -0.39 is 0 Å². The molecule has 1 aliphatic rings. The number of fused-ring (bicyclic) bond motifs is 1. The number of aliphatic hydroxyl groups excluding tert-OH is 1. The minimum atomic E-state index is 0.243. The molecule has 3 aromatic rings. The molecule has 0 radical (unpaired) electrons. The Morgan fingerprint density at radius 2 is 1.93 bits per heavy atom. The van der Waals surface area contributed by atoms with Crippen LogP contribution >= 0.6 is 0 Å². The lowest BCUT2D eigenvalue weighted by Gasteiger charge is -2.34. The van der Waals surface area contributed by atoms with Gasteiger partial charge in [0.1, 0.15) is 0 Å². The molecular weight excluding hydrogens is 340 g/mol. The molecule has 1 aliphatic heterocycles. The highest BCUT2D eigenvalue weighted by Gasteiger charge is 2.16. The van der Waals surface area contributed by atoms with Crippen molar-refractivity contribution in [2.24, 2.45) is 0 Å². The zero-order valence-corrected chi connectivity index (χ0v) is 15.6. The second kappa shape index (κ2) is 8.04. The Morgan fingerprint density at radius 3 is 2.74 bits per heavy atom. The highest BCUT2D eigenvalue weighted by molar-refractivity contribution is 5.81. The first-order valence-corrected chi connectivity index (χ1v) is 9.43. The first-order chi connectivity index (χ1) is 13.2. The maximum absolute atomic E-state index is 9.06. The van der Waals surface area contributed by atoms with Crippen LogP contribution in [0.1, 0.15) is 11.3 Å². The average molecular weight is 366 g/mol. The van der Waals surface area contributed by atoms with E-state index >= 15 is 0 Å². The summed E-state index contributed by atoms with van der Waals surface area (Å²) in [6.45, 7) is 8.07. The quantitative estimate of drug-likeness (QED) is 0.620. The van der Waals surface area contributed by atoms with Crippen LogP contribution in [0.25, 0.3) is 11.0 Å². The SMILES string of the molecule is Cc1n[nH]c2ncc(Nc3cccc(CN4CCN(CCO)CC4)c3)cc12. The van der Waals surface area contributed by atoms with Crippen molar-refractivity contribution in [3.8, 4) is 0 Å². The number of aromatic nitrogens is 3.